The fourth-order valence-corrected chi connectivity index (χ4v) is 1.53. The maximum atomic E-state index is 8.94. The number of nitrogens with two attached hydrogens (primary N) is 1. The van der Waals surface area contributed by atoms with Crippen LogP contribution in [0.1, 0.15) is 40.0 Å². The number of hydrogen-bond donors (Lipinski definition) is 1. The van der Waals surface area contributed by atoms with Gasteiger partial charge < -0.3 is 15.4 Å². The van der Waals surface area contributed by atoms with Crippen LogP contribution in [0.4, 0.5) is 0 Å². The first-order valence-corrected chi connectivity index (χ1v) is 6.44. The molecule has 0 spiro atoms. The first-order valence-electron chi connectivity index (χ1n) is 6.44. The second-order valence-corrected chi connectivity index (χ2v) is 4.95. The van der Waals surface area contributed by atoms with Crippen LogP contribution in [-0.2, 0) is 4.74 Å². The third-order valence-electron chi connectivity index (χ3n) is 2.94. The molecule has 0 heterocycles. The van der Waals surface area contributed by atoms with Gasteiger partial charge in [0, 0.05) is 6.54 Å². The van der Waals surface area contributed by atoms with Crippen LogP contribution in [-0.4, -0.2) is 43.3 Å². The number of nitriles is 1. The number of rotatable bonds is 9. The van der Waals surface area contributed by atoms with Gasteiger partial charge in [-0.3, -0.25) is 0 Å². The topological polar surface area (TPSA) is 62.3 Å². The minimum Gasteiger partial charge on any atom is -0.377 e. The largest absolute Gasteiger partial charge is 0.377 e. The Morgan fingerprint density at radius 2 is 2.06 bits per heavy atom. The number of ether oxygens (including phenoxy) is 1. The van der Waals surface area contributed by atoms with Crippen molar-refractivity contribution in [2.45, 2.75) is 51.7 Å². The van der Waals surface area contributed by atoms with Crippen molar-refractivity contribution < 1.29 is 4.74 Å². The zero-order valence-electron chi connectivity index (χ0n) is 11.7. The summed E-state index contributed by atoms with van der Waals surface area (Å²) < 4.78 is 5.48. The highest BCUT2D eigenvalue weighted by Crippen LogP contribution is 2.12. The van der Waals surface area contributed by atoms with E-state index in [2.05, 4.69) is 18.0 Å². The normalized spacial score (nSPS) is 14.9. The van der Waals surface area contributed by atoms with Gasteiger partial charge >= 0.3 is 0 Å². The van der Waals surface area contributed by atoms with E-state index in [0.717, 1.165) is 32.5 Å². The monoisotopic (exact) mass is 241 g/mol. The lowest BCUT2D eigenvalue weighted by Gasteiger charge is -2.22. The first kappa shape index (κ1) is 16.4. The Morgan fingerprint density at radius 1 is 1.41 bits per heavy atom. The van der Waals surface area contributed by atoms with Gasteiger partial charge in [0.15, 0.2) is 0 Å². The summed E-state index contributed by atoms with van der Waals surface area (Å²) in [7, 11) is 2.07. The molecule has 100 valence electrons. The summed E-state index contributed by atoms with van der Waals surface area (Å²) in [6.45, 7) is 8.68. The Bertz CT molecular complexity index is 237. The van der Waals surface area contributed by atoms with Gasteiger partial charge in [-0.25, -0.2) is 0 Å². The second-order valence-electron chi connectivity index (χ2n) is 4.95. The maximum Gasteiger partial charge on any atom is 0.104 e. The summed E-state index contributed by atoms with van der Waals surface area (Å²) >= 11 is 0. The van der Waals surface area contributed by atoms with Crippen molar-refractivity contribution in [3.05, 3.63) is 0 Å². The Kier molecular flexibility index (Phi) is 8.15. The van der Waals surface area contributed by atoms with Crippen molar-refractivity contribution in [2.24, 2.45) is 5.73 Å². The Labute approximate surface area is 106 Å². The van der Waals surface area contributed by atoms with Crippen molar-refractivity contribution in [3.8, 4) is 6.07 Å². The minimum absolute atomic E-state index is 0.291. The van der Waals surface area contributed by atoms with Gasteiger partial charge in [-0.1, -0.05) is 6.92 Å². The van der Waals surface area contributed by atoms with E-state index in [-0.39, 0.29) is 0 Å². The van der Waals surface area contributed by atoms with Gasteiger partial charge in [-0.15, -0.1) is 0 Å². The standard InChI is InChI=1S/C13H27N3O/c1-5-13(15,11-14)7-6-8-16(4)9-10-17-12(2)3/h12H,5-10,15H2,1-4H3. The molecule has 0 rings (SSSR count). The van der Waals surface area contributed by atoms with E-state index in [0.29, 0.717) is 12.5 Å². The second kappa shape index (κ2) is 8.46. The molecule has 0 bridgehead atoms. The molecule has 2 N–H and O–H groups in total. The molecule has 0 aromatic rings. The van der Waals surface area contributed by atoms with Crippen LogP contribution >= 0.6 is 0 Å². The van der Waals surface area contributed by atoms with E-state index in [1.807, 2.05) is 20.8 Å². The van der Waals surface area contributed by atoms with Crippen LogP contribution in [0, 0.1) is 11.3 Å². The van der Waals surface area contributed by atoms with Gasteiger partial charge in [-0.2, -0.15) is 5.26 Å². The molecule has 0 aromatic heterocycles. The summed E-state index contributed by atoms with van der Waals surface area (Å²) in [5, 5.41) is 8.94. The molecule has 0 saturated heterocycles. The van der Waals surface area contributed by atoms with Gasteiger partial charge in [0.2, 0.25) is 0 Å². The molecule has 4 heteroatoms. The fourth-order valence-electron chi connectivity index (χ4n) is 1.53. The quantitative estimate of drug-likeness (QED) is 0.668. The van der Waals surface area contributed by atoms with Gasteiger partial charge in [0.1, 0.15) is 5.54 Å². The Morgan fingerprint density at radius 3 is 2.53 bits per heavy atom. The molecule has 0 amide bonds. The van der Waals surface area contributed by atoms with Crippen molar-refractivity contribution in [1.29, 1.82) is 5.26 Å². The van der Waals surface area contributed by atoms with E-state index >= 15 is 0 Å². The molecule has 0 aliphatic heterocycles. The van der Waals surface area contributed by atoms with Crippen LogP contribution in [0.15, 0.2) is 0 Å². The van der Waals surface area contributed by atoms with Crippen LogP contribution in [0.2, 0.25) is 0 Å². The number of hydrogen-bond acceptors (Lipinski definition) is 4. The fraction of sp³-hybridized carbons (Fsp3) is 0.923. The lowest BCUT2D eigenvalue weighted by Crippen LogP contribution is -2.38. The average molecular weight is 241 g/mol. The van der Waals surface area contributed by atoms with E-state index in [1.54, 1.807) is 0 Å². The van der Waals surface area contributed by atoms with Crippen LogP contribution in [0.3, 0.4) is 0 Å². The van der Waals surface area contributed by atoms with Gasteiger partial charge in [0.05, 0.1) is 18.8 Å². The maximum absolute atomic E-state index is 8.94. The molecule has 0 aliphatic rings. The molecule has 0 fully saturated rings. The van der Waals surface area contributed by atoms with Gasteiger partial charge in [-0.05, 0) is 46.7 Å². The summed E-state index contributed by atoms with van der Waals surface area (Å²) in [6, 6.07) is 2.19. The summed E-state index contributed by atoms with van der Waals surface area (Å²) in [4.78, 5) is 2.22. The van der Waals surface area contributed by atoms with Crippen molar-refractivity contribution in [1.82, 2.24) is 4.90 Å². The lowest BCUT2D eigenvalue weighted by molar-refractivity contribution is 0.0634. The molecular formula is C13H27N3O. The predicted octanol–water partition coefficient (Wildman–Crippen LogP) is 1.75. The third kappa shape index (κ3) is 8.14. The third-order valence-corrected chi connectivity index (χ3v) is 2.94. The van der Waals surface area contributed by atoms with E-state index in [4.69, 9.17) is 15.7 Å². The minimum atomic E-state index is -0.644. The predicted molar refractivity (Wildman–Crippen MR) is 70.6 cm³/mol. The molecule has 0 aromatic carbocycles. The Balaban J connectivity index is 3.64. The molecule has 0 saturated carbocycles. The number of nitrogens with zero attached hydrogens (tertiary/aromatic N) is 2. The molecule has 1 unspecified atom stereocenters. The number of likely N-dealkylation sites (N-methyl/N-ethyl adjacent to an activating group) is 1. The summed E-state index contributed by atoms with van der Waals surface area (Å²) in [5.41, 5.74) is 5.27. The molecule has 0 aliphatic carbocycles. The van der Waals surface area contributed by atoms with E-state index in [1.165, 1.54) is 0 Å². The highest BCUT2D eigenvalue weighted by molar-refractivity contribution is 5.03. The van der Waals surface area contributed by atoms with Crippen molar-refractivity contribution >= 4 is 0 Å². The van der Waals surface area contributed by atoms with Crippen LogP contribution < -0.4 is 5.73 Å². The Hall–Kier alpha value is -0.630. The summed E-state index contributed by atoms with van der Waals surface area (Å²) in [5.74, 6) is 0. The van der Waals surface area contributed by atoms with Crippen LogP contribution in [0.5, 0.6) is 0 Å². The summed E-state index contributed by atoms with van der Waals surface area (Å²) in [6.07, 6.45) is 2.72. The first-order chi connectivity index (χ1) is 7.93. The van der Waals surface area contributed by atoms with Crippen molar-refractivity contribution in [3.63, 3.8) is 0 Å². The molecule has 0 radical (unpaired) electrons. The SMILES string of the molecule is CCC(N)(C#N)CCCN(C)CCOC(C)C. The zero-order valence-corrected chi connectivity index (χ0v) is 11.7. The zero-order chi connectivity index (χ0) is 13.3. The lowest BCUT2D eigenvalue weighted by atomic mass is 9.93. The van der Waals surface area contributed by atoms with E-state index in [9.17, 15) is 0 Å². The highest BCUT2D eigenvalue weighted by Gasteiger charge is 2.21. The molecule has 1 atom stereocenters. The molecule has 4 nitrogen and oxygen atoms in total. The van der Waals surface area contributed by atoms with Crippen molar-refractivity contribution in [2.75, 3.05) is 26.7 Å². The highest BCUT2D eigenvalue weighted by atomic mass is 16.5. The average Bonchev–Trinajstić information content (AvgIpc) is 2.28. The van der Waals surface area contributed by atoms with E-state index < -0.39 is 5.54 Å². The van der Waals surface area contributed by atoms with Gasteiger partial charge in [0.25, 0.3) is 0 Å². The molecular weight excluding hydrogens is 214 g/mol. The smallest absolute Gasteiger partial charge is 0.104 e. The van der Waals surface area contributed by atoms with Crippen LogP contribution in [0.25, 0.3) is 0 Å². The molecule has 17 heavy (non-hydrogen) atoms.